The van der Waals surface area contributed by atoms with Gasteiger partial charge in [-0.2, -0.15) is 0 Å². The highest BCUT2D eigenvalue weighted by molar-refractivity contribution is 7.92. The van der Waals surface area contributed by atoms with Crippen LogP contribution in [0.5, 0.6) is 0 Å². The summed E-state index contributed by atoms with van der Waals surface area (Å²) in [5, 5.41) is 2.85. The maximum Gasteiger partial charge on any atom is 0.264 e. The van der Waals surface area contributed by atoms with Gasteiger partial charge in [0.2, 0.25) is 5.91 Å². The van der Waals surface area contributed by atoms with Crippen molar-refractivity contribution in [3.8, 4) is 0 Å². The predicted octanol–water partition coefficient (Wildman–Crippen LogP) is 3.67. The van der Waals surface area contributed by atoms with E-state index in [4.69, 9.17) is 0 Å². The number of nitrogens with zero attached hydrogens (tertiary/aromatic N) is 1. The fourth-order valence-electron chi connectivity index (χ4n) is 2.74. The molecule has 0 aliphatic carbocycles. The van der Waals surface area contributed by atoms with E-state index in [0.29, 0.717) is 12.1 Å². The summed E-state index contributed by atoms with van der Waals surface area (Å²) in [6.07, 6.45) is 1.45. The van der Waals surface area contributed by atoms with Gasteiger partial charge in [0.05, 0.1) is 10.6 Å². The third-order valence-electron chi connectivity index (χ3n) is 4.56. The molecule has 0 bridgehead atoms. The first-order valence-corrected chi connectivity index (χ1v) is 10.7. The molecule has 2 aromatic rings. The number of carbonyl (C=O) groups excluding carboxylic acids is 1. The number of anilines is 1. The van der Waals surface area contributed by atoms with Crippen molar-refractivity contribution in [2.75, 3.05) is 10.8 Å². The summed E-state index contributed by atoms with van der Waals surface area (Å²) in [5.41, 5.74) is 2.40. The molecule has 146 valence electrons. The Bertz CT molecular complexity index is 877. The van der Waals surface area contributed by atoms with Crippen molar-refractivity contribution in [2.24, 2.45) is 0 Å². The minimum atomic E-state index is -3.87. The maximum atomic E-state index is 13.3. The number of carbonyl (C=O) groups is 1. The Balaban J connectivity index is 2.49. The van der Waals surface area contributed by atoms with Crippen LogP contribution in [-0.4, -0.2) is 26.9 Å². The molecule has 0 saturated carbocycles. The van der Waals surface area contributed by atoms with Crippen LogP contribution >= 0.6 is 0 Å². The second-order valence-corrected chi connectivity index (χ2v) is 8.55. The largest absolute Gasteiger partial charge is 0.352 e. The molecule has 6 heteroatoms. The van der Waals surface area contributed by atoms with Gasteiger partial charge in [0.1, 0.15) is 6.54 Å². The van der Waals surface area contributed by atoms with E-state index in [1.54, 1.807) is 36.4 Å². The summed E-state index contributed by atoms with van der Waals surface area (Å²) in [6.45, 7) is 7.49. The Morgan fingerprint density at radius 2 is 1.70 bits per heavy atom. The molecule has 27 heavy (non-hydrogen) atoms. The predicted molar refractivity (Wildman–Crippen MR) is 109 cm³/mol. The van der Waals surface area contributed by atoms with Gasteiger partial charge in [-0.15, -0.1) is 0 Å². The molecule has 2 rings (SSSR count). The topological polar surface area (TPSA) is 66.5 Å². The van der Waals surface area contributed by atoms with E-state index in [1.807, 2.05) is 39.8 Å². The lowest BCUT2D eigenvalue weighted by molar-refractivity contribution is -0.120. The molecule has 2 aromatic carbocycles. The summed E-state index contributed by atoms with van der Waals surface area (Å²) in [5.74, 6) is -0.314. The average molecular weight is 389 g/mol. The Hall–Kier alpha value is -2.34. The van der Waals surface area contributed by atoms with Crippen LogP contribution in [0.1, 0.15) is 38.3 Å². The quantitative estimate of drug-likeness (QED) is 0.750. The van der Waals surface area contributed by atoms with Gasteiger partial charge < -0.3 is 5.32 Å². The molecule has 0 radical (unpaired) electrons. The van der Waals surface area contributed by atoms with Crippen LogP contribution in [0.2, 0.25) is 0 Å². The van der Waals surface area contributed by atoms with Crippen molar-refractivity contribution >= 4 is 21.6 Å². The molecule has 0 heterocycles. The zero-order chi connectivity index (χ0) is 20.0. The van der Waals surface area contributed by atoms with E-state index in [-0.39, 0.29) is 23.4 Å². The van der Waals surface area contributed by atoms with Crippen LogP contribution in [0.15, 0.2) is 53.4 Å². The van der Waals surface area contributed by atoms with Crippen molar-refractivity contribution in [3.05, 3.63) is 59.7 Å². The van der Waals surface area contributed by atoms with Crippen molar-refractivity contribution < 1.29 is 13.2 Å². The average Bonchev–Trinajstić information content (AvgIpc) is 2.66. The van der Waals surface area contributed by atoms with Gasteiger partial charge in [0, 0.05) is 6.04 Å². The van der Waals surface area contributed by atoms with Crippen LogP contribution in [0, 0.1) is 6.92 Å². The number of aryl methyl sites for hydroxylation is 2. The van der Waals surface area contributed by atoms with Crippen molar-refractivity contribution in [1.29, 1.82) is 0 Å². The summed E-state index contributed by atoms with van der Waals surface area (Å²) < 4.78 is 27.9. The first-order valence-electron chi connectivity index (χ1n) is 9.26. The number of hydrogen-bond acceptors (Lipinski definition) is 3. The monoisotopic (exact) mass is 388 g/mol. The van der Waals surface area contributed by atoms with Crippen molar-refractivity contribution in [1.82, 2.24) is 5.32 Å². The van der Waals surface area contributed by atoms with Gasteiger partial charge in [0.15, 0.2) is 0 Å². The van der Waals surface area contributed by atoms with E-state index >= 15 is 0 Å². The van der Waals surface area contributed by atoms with Gasteiger partial charge >= 0.3 is 0 Å². The van der Waals surface area contributed by atoms with Gasteiger partial charge in [-0.05, 0) is 50.5 Å². The Kier molecular flexibility index (Phi) is 7.02. The van der Waals surface area contributed by atoms with E-state index in [2.05, 4.69) is 5.32 Å². The minimum absolute atomic E-state index is 0.0113. The lowest BCUT2D eigenvalue weighted by atomic mass is 10.1. The lowest BCUT2D eigenvalue weighted by Crippen LogP contribution is -2.43. The van der Waals surface area contributed by atoms with Crippen LogP contribution in [0.4, 0.5) is 5.69 Å². The molecule has 1 atom stereocenters. The fourth-order valence-corrected chi connectivity index (χ4v) is 4.20. The highest BCUT2D eigenvalue weighted by atomic mass is 32.2. The first kappa shape index (κ1) is 21.0. The third kappa shape index (κ3) is 5.10. The maximum absolute atomic E-state index is 13.3. The molecule has 0 saturated heterocycles. The van der Waals surface area contributed by atoms with Gasteiger partial charge in [0.25, 0.3) is 10.0 Å². The summed E-state index contributed by atoms with van der Waals surface area (Å²) in [4.78, 5) is 12.7. The number of para-hydroxylation sites is 1. The molecule has 0 aromatic heterocycles. The van der Waals surface area contributed by atoms with Crippen LogP contribution < -0.4 is 9.62 Å². The molecule has 5 nitrogen and oxygen atoms in total. The number of amides is 1. The number of nitrogens with one attached hydrogen (secondary N) is 1. The lowest BCUT2D eigenvalue weighted by Gasteiger charge is -2.26. The molecule has 0 aliphatic heterocycles. The van der Waals surface area contributed by atoms with E-state index in [0.717, 1.165) is 17.5 Å². The van der Waals surface area contributed by atoms with E-state index in [9.17, 15) is 13.2 Å². The number of benzene rings is 2. The van der Waals surface area contributed by atoms with Crippen molar-refractivity contribution in [3.63, 3.8) is 0 Å². The Morgan fingerprint density at radius 1 is 1.07 bits per heavy atom. The fraction of sp³-hybridized carbons (Fsp3) is 0.381. The number of hydrogen-bond donors (Lipinski definition) is 1. The SMILES string of the molecule is CCc1ccccc1N(CC(=O)N[C@@H](C)CC)S(=O)(=O)c1ccc(C)cc1. The first-order chi connectivity index (χ1) is 12.8. The van der Waals surface area contributed by atoms with Crippen LogP contribution in [-0.2, 0) is 21.2 Å². The third-order valence-corrected chi connectivity index (χ3v) is 6.33. The normalized spacial score (nSPS) is 12.4. The highest BCUT2D eigenvalue weighted by Gasteiger charge is 2.28. The summed E-state index contributed by atoms with van der Waals surface area (Å²) in [6, 6.07) is 14.0. The molecule has 0 spiro atoms. The van der Waals surface area contributed by atoms with Crippen LogP contribution in [0.3, 0.4) is 0 Å². The molecular weight excluding hydrogens is 360 g/mol. The Morgan fingerprint density at radius 3 is 2.30 bits per heavy atom. The standard InChI is InChI=1S/C21H28N2O3S/c1-5-17(4)22-21(24)15-23(20-10-8-7-9-18(20)6-2)27(25,26)19-13-11-16(3)12-14-19/h7-14,17H,5-6,15H2,1-4H3,(H,22,24)/t17-/m0/s1. The second-order valence-electron chi connectivity index (χ2n) is 6.68. The van der Waals surface area contributed by atoms with E-state index < -0.39 is 10.0 Å². The summed E-state index contributed by atoms with van der Waals surface area (Å²) in [7, 11) is -3.87. The smallest absolute Gasteiger partial charge is 0.264 e. The van der Waals surface area contributed by atoms with Gasteiger partial charge in [-0.1, -0.05) is 49.7 Å². The molecule has 1 N–H and O–H groups in total. The number of sulfonamides is 1. The highest BCUT2D eigenvalue weighted by Crippen LogP contribution is 2.27. The number of rotatable bonds is 8. The molecule has 0 aliphatic rings. The molecule has 0 unspecified atom stereocenters. The summed E-state index contributed by atoms with van der Waals surface area (Å²) >= 11 is 0. The van der Waals surface area contributed by atoms with Crippen LogP contribution in [0.25, 0.3) is 0 Å². The second kappa shape index (κ2) is 9.04. The van der Waals surface area contributed by atoms with Gasteiger partial charge in [-0.3, -0.25) is 9.10 Å². The zero-order valence-corrected chi connectivity index (χ0v) is 17.2. The van der Waals surface area contributed by atoms with Crippen molar-refractivity contribution in [2.45, 2.75) is 51.5 Å². The van der Waals surface area contributed by atoms with E-state index in [1.165, 1.54) is 4.31 Å². The molecule has 1 amide bonds. The molecule has 0 fully saturated rings. The Labute approximate surface area is 162 Å². The van der Waals surface area contributed by atoms with Gasteiger partial charge in [-0.25, -0.2) is 8.42 Å². The zero-order valence-electron chi connectivity index (χ0n) is 16.4. The minimum Gasteiger partial charge on any atom is -0.352 e. The molecular formula is C21H28N2O3S.